The molecule has 1 fully saturated rings. The van der Waals surface area contributed by atoms with E-state index < -0.39 is 0 Å². The number of anilines is 1. The van der Waals surface area contributed by atoms with Crippen LogP contribution < -0.4 is 5.32 Å². The van der Waals surface area contributed by atoms with Gasteiger partial charge in [0.05, 0.1) is 5.92 Å². The van der Waals surface area contributed by atoms with Gasteiger partial charge in [-0.1, -0.05) is 25.1 Å². The van der Waals surface area contributed by atoms with Crippen molar-refractivity contribution in [2.24, 2.45) is 5.92 Å². The average Bonchev–Trinajstić information content (AvgIpc) is 3.29. The van der Waals surface area contributed by atoms with Crippen LogP contribution in [0.2, 0.25) is 0 Å². The normalized spacial score (nSPS) is 16.6. The predicted molar refractivity (Wildman–Crippen MR) is 111 cm³/mol. The van der Waals surface area contributed by atoms with E-state index in [0.717, 1.165) is 34.1 Å². The number of rotatable bonds is 6. The highest BCUT2D eigenvalue weighted by Gasteiger charge is 2.34. The number of aromatic nitrogens is 1. The van der Waals surface area contributed by atoms with Crippen LogP contribution in [0.4, 0.5) is 10.1 Å². The Morgan fingerprint density at radius 2 is 2.07 bits per heavy atom. The molecule has 2 heterocycles. The fourth-order valence-electron chi connectivity index (χ4n) is 3.96. The van der Waals surface area contributed by atoms with Gasteiger partial charge in [0.2, 0.25) is 11.8 Å². The highest BCUT2D eigenvalue weighted by atomic mass is 19.1. The highest BCUT2D eigenvalue weighted by molar-refractivity contribution is 5.97. The molecular formula is C23H24FN3O2. The minimum atomic E-state index is -0.354. The number of nitrogens with one attached hydrogen (secondary N) is 2. The quantitative estimate of drug-likeness (QED) is 0.667. The summed E-state index contributed by atoms with van der Waals surface area (Å²) in [6.07, 6.45) is 3.53. The highest BCUT2D eigenvalue weighted by Crippen LogP contribution is 2.24. The molecule has 150 valence electrons. The van der Waals surface area contributed by atoms with E-state index in [0.29, 0.717) is 19.5 Å². The van der Waals surface area contributed by atoms with E-state index in [4.69, 9.17) is 0 Å². The molecule has 1 atom stereocenters. The lowest BCUT2D eigenvalue weighted by Crippen LogP contribution is -2.30. The lowest BCUT2D eigenvalue weighted by molar-refractivity contribution is -0.128. The second-order valence-corrected chi connectivity index (χ2v) is 7.49. The van der Waals surface area contributed by atoms with Crippen LogP contribution in [0.3, 0.4) is 0 Å². The van der Waals surface area contributed by atoms with Crippen LogP contribution in [0.25, 0.3) is 10.9 Å². The first kappa shape index (κ1) is 19.2. The van der Waals surface area contributed by atoms with Gasteiger partial charge >= 0.3 is 0 Å². The number of H-pyrrole nitrogens is 1. The molecule has 0 bridgehead atoms. The third kappa shape index (κ3) is 4.01. The Bertz CT molecular complexity index is 1060. The third-order valence-electron chi connectivity index (χ3n) is 5.62. The van der Waals surface area contributed by atoms with Crippen molar-refractivity contribution in [2.45, 2.75) is 26.2 Å². The monoisotopic (exact) mass is 393 g/mol. The smallest absolute Gasteiger partial charge is 0.229 e. The number of benzene rings is 2. The van der Waals surface area contributed by atoms with Crippen LogP contribution in [-0.4, -0.2) is 34.8 Å². The van der Waals surface area contributed by atoms with Gasteiger partial charge in [-0.05, 0) is 48.2 Å². The zero-order chi connectivity index (χ0) is 20.4. The van der Waals surface area contributed by atoms with Crippen molar-refractivity contribution in [1.29, 1.82) is 0 Å². The maximum Gasteiger partial charge on any atom is 0.229 e. The summed E-state index contributed by atoms with van der Waals surface area (Å²) in [7, 11) is 0. The first-order valence-electron chi connectivity index (χ1n) is 9.97. The predicted octanol–water partition coefficient (Wildman–Crippen LogP) is 3.90. The summed E-state index contributed by atoms with van der Waals surface area (Å²) in [5.74, 6) is -0.761. The number of amides is 2. The summed E-state index contributed by atoms with van der Waals surface area (Å²) in [5.41, 5.74) is 3.73. The van der Waals surface area contributed by atoms with Gasteiger partial charge in [0.1, 0.15) is 5.82 Å². The van der Waals surface area contributed by atoms with Gasteiger partial charge in [-0.25, -0.2) is 4.39 Å². The molecule has 29 heavy (non-hydrogen) atoms. The van der Waals surface area contributed by atoms with Crippen molar-refractivity contribution < 1.29 is 14.0 Å². The number of fused-ring (bicyclic) bond motifs is 1. The molecule has 3 aromatic rings. The number of hydrogen-bond donors (Lipinski definition) is 2. The standard InChI is InChI=1S/C23H24FN3O2/c1-2-15-5-3-4-6-20(15)26-23(29)17-11-22(28)27(14-17)10-9-16-13-25-21-8-7-18(24)12-19(16)21/h3-8,12-13,17,25H,2,9-11,14H2,1H3,(H,26,29)/t17-/m1/s1. The second kappa shape index (κ2) is 8.07. The molecule has 0 saturated carbocycles. The molecule has 2 amide bonds. The molecule has 1 aromatic heterocycles. The van der Waals surface area contributed by atoms with Gasteiger partial charge in [0.15, 0.2) is 0 Å². The van der Waals surface area contributed by atoms with Crippen LogP contribution in [0.15, 0.2) is 48.7 Å². The molecule has 6 heteroatoms. The molecule has 4 rings (SSSR count). The van der Waals surface area contributed by atoms with Gasteiger partial charge in [-0.15, -0.1) is 0 Å². The second-order valence-electron chi connectivity index (χ2n) is 7.49. The Labute approximate surface area is 168 Å². The Morgan fingerprint density at radius 3 is 2.90 bits per heavy atom. The summed E-state index contributed by atoms with van der Waals surface area (Å²) in [6, 6.07) is 12.4. The zero-order valence-corrected chi connectivity index (χ0v) is 16.4. The number of aryl methyl sites for hydroxylation is 1. The van der Waals surface area contributed by atoms with E-state index in [1.807, 2.05) is 37.4 Å². The molecule has 0 unspecified atom stereocenters. The number of likely N-dealkylation sites (tertiary alicyclic amines) is 1. The lowest BCUT2D eigenvalue weighted by atomic mass is 10.1. The molecular weight excluding hydrogens is 369 g/mol. The van der Waals surface area contributed by atoms with Crippen LogP contribution in [0, 0.1) is 11.7 Å². The summed E-state index contributed by atoms with van der Waals surface area (Å²) < 4.78 is 13.5. The number of carbonyl (C=O) groups is 2. The summed E-state index contributed by atoms with van der Waals surface area (Å²) >= 11 is 0. The maximum absolute atomic E-state index is 13.5. The fourth-order valence-corrected chi connectivity index (χ4v) is 3.96. The molecule has 0 radical (unpaired) electrons. The Morgan fingerprint density at radius 1 is 1.24 bits per heavy atom. The van der Waals surface area contributed by atoms with Crippen molar-refractivity contribution in [2.75, 3.05) is 18.4 Å². The minimum Gasteiger partial charge on any atom is -0.361 e. The van der Waals surface area contributed by atoms with Gasteiger partial charge in [0, 0.05) is 42.3 Å². The molecule has 2 aromatic carbocycles. The van der Waals surface area contributed by atoms with Gasteiger partial charge in [-0.3, -0.25) is 9.59 Å². The van der Waals surface area contributed by atoms with E-state index in [1.165, 1.54) is 12.1 Å². The lowest BCUT2D eigenvalue weighted by Gasteiger charge is -2.17. The van der Waals surface area contributed by atoms with E-state index in [-0.39, 0.29) is 30.0 Å². The molecule has 1 aliphatic rings. The van der Waals surface area contributed by atoms with Crippen molar-refractivity contribution >= 4 is 28.4 Å². The Balaban J connectivity index is 1.38. The summed E-state index contributed by atoms with van der Waals surface area (Å²) in [4.78, 5) is 30.0. The number of aromatic amines is 1. The van der Waals surface area contributed by atoms with E-state index in [2.05, 4.69) is 10.3 Å². The van der Waals surface area contributed by atoms with E-state index in [9.17, 15) is 14.0 Å². The molecule has 0 spiro atoms. The maximum atomic E-state index is 13.5. The van der Waals surface area contributed by atoms with E-state index in [1.54, 1.807) is 11.0 Å². The van der Waals surface area contributed by atoms with Crippen LogP contribution in [0.1, 0.15) is 24.5 Å². The number of nitrogens with zero attached hydrogens (tertiary/aromatic N) is 1. The number of halogens is 1. The SMILES string of the molecule is CCc1ccccc1NC(=O)[C@@H]1CC(=O)N(CCc2c[nH]c3ccc(F)cc23)C1. The van der Waals surface area contributed by atoms with Crippen LogP contribution >= 0.6 is 0 Å². The van der Waals surface area contributed by atoms with Crippen molar-refractivity contribution in [3.63, 3.8) is 0 Å². The summed E-state index contributed by atoms with van der Waals surface area (Å²) in [5, 5.41) is 3.82. The third-order valence-corrected chi connectivity index (χ3v) is 5.62. The van der Waals surface area contributed by atoms with Crippen LogP contribution in [0.5, 0.6) is 0 Å². The van der Waals surface area contributed by atoms with Gasteiger partial charge < -0.3 is 15.2 Å². The average molecular weight is 393 g/mol. The van der Waals surface area contributed by atoms with Crippen LogP contribution in [-0.2, 0) is 22.4 Å². The number of para-hydroxylation sites is 1. The largest absolute Gasteiger partial charge is 0.361 e. The first-order valence-corrected chi connectivity index (χ1v) is 9.97. The molecule has 5 nitrogen and oxygen atoms in total. The molecule has 1 saturated heterocycles. The Kier molecular flexibility index (Phi) is 5.34. The van der Waals surface area contributed by atoms with Crippen molar-refractivity contribution in [3.05, 3.63) is 65.6 Å². The first-order chi connectivity index (χ1) is 14.0. The van der Waals surface area contributed by atoms with Gasteiger partial charge in [0.25, 0.3) is 0 Å². The number of carbonyl (C=O) groups excluding carboxylic acids is 2. The van der Waals surface area contributed by atoms with Crippen molar-refractivity contribution in [3.8, 4) is 0 Å². The van der Waals surface area contributed by atoms with Gasteiger partial charge in [-0.2, -0.15) is 0 Å². The number of hydrogen-bond acceptors (Lipinski definition) is 2. The van der Waals surface area contributed by atoms with Crippen molar-refractivity contribution in [1.82, 2.24) is 9.88 Å². The molecule has 0 aliphatic carbocycles. The zero-order valence-electron chi connectivity index (χ0n) is 16.4. The Hall–Kier alpha value is -3.15. The fraction of sp³-hybridized carbons (Fsp3) is 0.304. The molecule has 2 N–H and O–H groups in total. The minimum absolute atomic E-state index is 0.0139. The molecule has 1 aliphatic heterocycles. The summed E-state index contributed by atoms with van der Waals surface area (Å²) in [6.45, 7) is 2.97. The topological polar surface area (TPSA) is 65.2 Å². The van der Waals surface area contributed by atoms with E-state index >= 15 is 0 Å².